The minimum atomic E-state index is -1.17. The Labute approximate surface area is 124 Å². The molecule has 0 bridgehead atoms. The number of halogens is 1. The van der Waals surface area contributed by atoms with Gasteiger partial charge in [-0.05, 0) is 12.1 Å². The summed E-state index contributed by atoms with van der Waals surface area (Å²) in [5.41, 5.74) is 1.62. The molecule has 0 aromatic heterocycles. The summed E-state index contributed by atoms with van der Waals surface area (Å²) in [6.45, 7) is -0.225. The quantitative estimate of drug-likeness (QED) is 0.644. The smallest absolute Gasteiger partial charge is 0.199 e. The van der Waals surface area contributed by atoms with E-state index in [9.17, 15) is 14.7 Å². The Balaban J connectivity index is 2.36. The molecule has 0 unspecified atom stereocenters. The molecule has 0 aliphatic rings. The summed E-state index contributed by atoms with van der Waals surface area (Å²) in [5.74, 6) is -1.32. The van der Waals surface area contributed by atoms with Gasteiger partial charge in [-0.2, -0.15) is 0 Å². The lowest BCUT2D eigenvalue weighted by Gasteiger charge is -2.08. The number of benzene rings is 2. The summed E-state index contributed by atoms with van der Waals surface area (Å²) in [5, 5.41) is 12.0. The molecule has 0 radical (unpaired) electrons. The van der Waals surface area contributed by atoms with Gasteiger partial charge in [0, 0.05) is 16.1 Å². The van der Waals surface area contributed by atoms with Gasteiger partial charge in [0.2, 0.25) is 0 Å². The van der Waals surface area contributed by atoms with Crippen molar-refractivity contribution < 1.29 is 20.0 Å². The maximum absolute atomic E-state index is 12.5. The van der Waals surface area contributed by atoms with Crippen LogP contribution in [-0.4, -0.2) is 18.3 Å². The van der Waals surface area contributed by atoms with Crippen LogP contribution in [-0.2, 0) is 4.79 Å². The molecule has 20 heavy (non-hydrogen) atoms. The minimum Gasteiger partial charge on any atom is -0.544 e. The number of ketones is 1. The highest BCUT2D eigenvalue weighted by atomic mass is 79.9. The maximum atomic E-state index is 12.5. The van der Waals surface area contributed by atoms with Gasteiger partial charge in [0.25, 0.3) is 0 Å². The lowest BCUT2D eigenvalue weighted by Crippen LogP contribution is -2.81. The van der Waals surface area contributed by atoms with Gasteiger partial charge in [-0.25, -0.2) is 0 Å². The molecule has 0 aliphatic heterocycles. The highest BCUT2D eigenvalue weighted by molar-refractivity contribution is 9.10. The fourth-order valence-corrected chi connectivity index (χ4v) is 2.20. The lowest BCUT2D eigenvalue weighted by molar-refractivity contribution is -0.569. The molecule has 102 valence electrons. The molecule has 0 atom stereocenters. The van der Waals surface area contributed by atoms with Gasteiger partial charge in [-0.3, -0.25) is 4.79 Å². The number of rotatable bonds is 5. The van der Waals surface area contributed by atoms with Gasteiger partial charge in [0.1, 0.15) is 12.2 Å². The standard InChI is InChI=1S/C15H12BrNO3/c16-11-6-7-13(17-9-14(18)19)12(8-11)15(20)10-4-2-1-3-5-10/h1-8,17H,9H2,(H,18,19). The number of hydrogen-bond acceptors (Lipinski definition) is 3. The molecule has 0 aliphatic carbocycles. The molecule has 0 spiro atoms. The number of quaternary nitrogens is 1. The third-order valence-electron chi connectivity index (χ3n) is 2.78. The molecule has 0 fully saturated rings. The van der Waals surface area contributed by atoms with E-state index < -0.39 is 5.97 Å². The monoisotopic (exact) mass is 333 g/mol. The normalized spacial score (nSPS) is 10.2. The Hall–Kier alpha value is -1.98. The molecule has 5 heteroatoms. The van der Waals surface area contributed by atoms with E-state index in [0.717, 1.165) is 4.47 Å². The number of carboxylic acid groups (broad SMARTS) is 1. The molecule has 2 aromatic rings. The Morgan fingerprint density at radius 1 is 1.10 bits per heavy atom. The summed E-state index contributed by atoms with van der Waals surface area (Å²) in [7, 11) is 0. The van der Waals surface area contributed by atoms with Crippen LogP contribution in [0, 0.1) is 0 Å². The second-order valence-electron chi connectivity index (χ2n) is 4.21. The predicted molar refractivity (Wildman–Crippen MR) is 75.5 cm³/mol. The van der Waals surface area contributed by atoms with Crippen molar-refractivity contribution in [3.8, 4) is 0 Å². The molecule has 2 N–H and O–H groups in total. The van der Waals surface area contributed by atoms with Crippen LogP contribution in [0.15, 0.2) is 53.0 Å². The second kappa shape index (κ2) is 6.45. The summed E-state index contributed by atoms with van der Waals surface area (Å²) in [4.78, 5) is 23.0. The minimum absolute atomic E-state index is 0.142. The highest BCUT2D eigenvalue weighted by Crippen LogP contribution is 2.20. The maximum Gasteiger partial charge on any atom is 0.199 e. The fourth-order valence-electron chi connectivity index (χ4n) is 1.84. The summed E-state index contributed by atoms with van der Waals surface area (Å²) in [6.07, 6.45) is 0. The highest BCUT2D eigenvalue weighted by Gasteiger charge is 2.16. The zero-order valence-corrected chi connectivity index (χ0v) is 12.1. The summed E-state index contributed by atoms with van der Waals surface area (Å²) in [6, 6.07) is 14.0. The van der Waals surface area contributed by atoms with E-state index in [0.29, 0.717) is 16.8 Å². The Morgan fingerprint density at radius 2 is 1.80 bits per heavy atom. The van der Waals surface area contributed by atoms with E-state index in [-0.39, 0.29) is 12.3 Å². The third-order valence-corrected chi connectivity index (χ3v) is 3.28. The lowest BCUT2D eigenvalue weighted by atomic mass is 10.0. The fraction of sp³-hybridized carbons (Fsp3) is 0.0667. The van der Waals surface area contributed by atoms with Crippen LogP contribution in [0.1, 0.15) is 15.9 Å². The van der Waals surface area contributed by atoms with Gasteiger partial charge in [0.15, 0.2) is 5.78 Å². The molecule has 0 heterocycles. The molecule has 0 saturated carbocycles. The van der Waals surface area contributed by atoms with E-state index in [1.807, 2.05) is 6.07 Å². The van der Waals surface area contributed by atoms with Gasteiger partial charge >= 0.3 is 0 Å². The zero-order chi connectivity index (χ0) is 14.5. The van der Waals surface area contributed by atoms with Gasteiger partial charge in [-0.15, -0.1) is 0 Å². The van der Waals surface area contributed by atoms with Crippen molar-refractivity contribution in [3.05, 3.63) is 64.1 Å². The van der Waals surface area contributed by atoms with Crippen LogP contribution in [0.2, 0.25) is 0 Å². The van der Waals surface area contributed by atoms with Gasteiger partial charge in [-0.1, -0.05) is 46.3 Å². The van der Waals surface area contributed by atoms with Gasteiger partial charge < -0.3 is 15.2 Å². The molecular weight excluding hydrogens is 322 g/mol. The number of hydrogen-bond donors (Lipinski definition) is 1. The summed E-state index contributed by atoms with van der Waals surface area (Å²) >= 11 is 3.32. The van der Waals surface area contributed by atoms with E-state index in [1.165, 1.54) is 5.32 Å². The van der Waals surface area contributed by atoms with E-state index in [1.54, 1.807) is 42.5 Å². The average molecular weight is 334 g/mol. The molecular formula is C15H12BrNO3. The topological polar surface area (TPSA) is 73.8 Å². The predicted octanol–water partition coefficient (Wildman–Crippen LogP) is 0.625. The van der Waals surface area contributed by atoms with Crippen molar-refractivity contribution in [2.24, 2.45) is 0 Å². The van der Waals surface area contributed by atoms with Crippen molar-refractivity contribution in [1.82, 2.24) is 0 Å². The Bertz CT molecular complexity index is 641. The Kier molecular flexibility index (Phi) is 4.65. The zero-order valence-electron chi connectivity index (χ0n) is 10.5. The number of nitrogens with two attached hydrogens (primary N) is 1. The Morgan fingerprint density at radius 3 is 2.45 bits per heavy atom. The van der Waals surface area contributed by atoms with Crippen LogP contribution in [0.4, 0.5) is 5.69 Å². The average Bonchev–Trinajstić information content (AvgIpc) is 2.46. The first-order valence-corrected chi connectivity index (χ1v) is 6.79. The largest absolute Gasteiger partial charge is 0.544 e. The van der Waals surface area contributed by atoms with E-state index in [2.05, 4.69) is 15.9 Å². The van der Waals surface area contributed by atoms with Crippen molar-refractivity contribution in [2.45, 2.75) is 0 Å². The number of carbonyl (C=O) groups is 2. The first-order valence-electron chi connectivity index (χ1n) is 6.00. The van der Waals surface area contributed by atoms with Crippen molar-refractivity contribution in [1.29, 1.82) is 0 Å². The molecule has 4 nitrogen and oxygen atoms in total. The first kappa shape index (κ1) is 14.4. The number of aliphatic carboxylic acids is 1. The SMILES string of the molecule is O=C([O-])C[NH2+]c1ccc(Br)cc1C(=O)c1ccccc1. The molecule has 0 amide bonds. The molecule has 2 rings (SSSR count). The van der Waals surface area contributed by atoms with Crippen LogP contribution < -0.4 is 10.4 Å². The first-order chi connectivity index (χ1) is 9.58. The molecule has 2 aromatic carbocycles. The number of carbonyl (C=O) groups excluding carboxylic acids is 2. The molecule has 0 saturated heterocycles. The summed E-state index contributed by atoms with van der Waals surface area (Å²) < 4.78 is 0.766. The van der Waals surface area contributed by atoms with Crippen molar-refractivity contribution in [3.63, 3.8) is 0 Å². The van der Waals surface area contributed by atoms with E-state index in [4.69, 9.17) is 0 Å². The number of carboxylic acids is 1. The van der Waals surface area contributed by atoms with Crippen LogP contribution in [0.3, 0.4) is 0 Å². The van der Waals surface area contributed by atoms with Crippen LogP contribution in [0.5, 0.6) is 0 Å². The van der Waals surface area contributed by atoms with Crippen molar-refractivity contribution in [2.75, 3.05) is 6.54 Å². The second-order valence-corrected chi connectivity index (χ2v) is 5.12. The van der Waals surface area contributed by atoms with E-state index >= 15 is 0 Å². The van der Waals surface area contributed by atoms with Gasteiger partial charge in [0.05, 0.1) is 11.5 Å². The third kappa shape index (κ3) is 3.53. The van der Waals surface area contributed by atoms with Crippen molar-refractivity contribution >= 4 is 33.4 Å². The van der Waals surface area contributed by atoms with Crippen LogP contribution >= 0.6 is 15.9 Å². The van der Waals surface area contributed by atoms with Crippen LogP contribution in [0.25, 0.3) is 0 Å².